The first kappa shape index (κ1) is 82.0. The molecule has 6 aliphatic heterocycles. The van der Waals surface area contributed by atoms with Gasteiger partial charge in [0.05, 0.1) is 43.2 Å². The summed E-state index contributed by atoms with van der Waals surface area (Å²) < 4.78 is 63.0. The number of ether oxygens (including phenoxy) is 2. The van der Waals surface area contributed by atoms with Crippen LogP contribution in [-0.2, 0) is 90.8 Å². The van der Waals surface area contributed by atoms with Crippen molar-refractivity contribution in [1.29, 1.82) is 0 Å². The van der Waals surface area contributed by atoms with Crippen molar-refractivity contribution in [3.8, 4) is 23.3 Å². The van der Waals surface area contributed by atoms with E-state index < -0.39 is 138 Å². The molecule has 6 aliphatic rings. The molecular formula is C67H81N9O27P3S2+. The highest BCUT2D eigenvalue weighted by Gasteiger charge is 2.43. The highest BCUT2D eigenvalue weighted by atomic mass is 33.1. The van der Waals surface area contributed by atoms with Crippen LogP contribution in [0.5, 0.6) is 11.5 Å². The smallest absolute Gasteiger partial charge is 0.481 e. The lowest BCUT2D eigenvalue weighted by molar-refractivity contribution is -0.148. The van der Waals surface area contributed by atoms with Gasteiger partial charge in [-0.15, -0.1) is 0 Å². The predicted molar refractivity (Wildman–Crippen MR) is 385 cm³/mol. The van der Waals surface area contributed by atoms with Gasteiger partial charge in [-0.1, -0.05) is 45.9 Å². The normalized spacial score (nSPS) is 18.1. The third kappa shape index (κ3) is 21.5. The predicted octanol–water partition coefficient (Wildman–Crippen LogP) is 2.19. The van der Waals surface area contributed by atoms with Gasteiger partial charge < -0.3 is 81.0 Å². The average Bonchev–Trinajstić information content (AvgIpc) is 0.773. The number of fused-ring (bicyclic) bond motifs is 4. The number of aliphatic carboxylic acids is 3. The van der Waals surface area contributed by atoms with Crippen LogP contribution >= 0.6 is 45.1 Å². The van der Waals surface area contributed by atoms with Crippen molar-refractivity contribution >= 4 is 110 Å². The number of hydrogen-bond donors (Lipinski definition) is 14. The summed E-state index contributed by atoms with van der Waals surface area (Å²) in [5, 5.41) is 53.4. The van der Waals surface area contributed by atoms with Crippen LogP contribution in [0.15, 0.2) is 46.1 Å². The number of unbranched alkanes of at least 4 members (excludes halogenated alkanes) is 2. The summed E-state index contributed by atoms with van der Waals surface area (Å²) in [6.45, 7) is 2.79. The van der Waals surface area contributed by atoms with E-state index in [0.717, 1.165) is 122 Å². The van der Waals surface area contributed by atoms with Crippen LogP contribution in [0, 0.1) is 11.8 Å². The van der Waals surface area contributed by atoms with Crippen LogP contribution in [0.25, 0.3) is 5.57 Å². The summed E-state index contributed by atoms with van der Waals surface area (Å²) >= 11 is 0. The number of aromatic amines is 1. The minimum Gasteiger partial charge on any atom is -0.481 e. The summed E-state index contributed by atoms with van der Waals surface area (Å²) in [5.74, 6) is -2.34. The van der Waals surface area contributed by atoms with E-state index in [9.17, 15) is 91.5 Å². The fourth-order valence-corrected chi connectivity index (χ4v) is 19.0. The van der Waals surface area contributed by atoms with Crippen LogP contribution in [-0.4, -0.2) is 185 Å². The second-order valence-electron chi connectivity index (χ2n) is 26.3. The zero-order chi connectivity index (χ0) is 77.8. The number of nitrogens with one attached hydrogen (secondary N) is 6. The number of phosphoric ester groups is 1. The van der Waals surface area contributed by atoms with Gasteiger partial charge in [-0.2, -0.15) is 8.62 Å². The standard InChI is InChI=1S/C67H80N9O27P3S2/c77-51(68-23-4-10-40-35-76(67(91)73-62(40)84)53-20-18-41(100-53)36-99-105(95,96)103-106(97,98)102-104(92,93)94)21-29-108-107-28-9-15-48(63(85)69-22-3-1-2-16-52(78)70-49(33-54(79)80)64(86)72-50(66(89)90)34-55(81)82)71-61(83)39-17-19-42(45(32-39)65(87)88)56-46-30-37-11-5-24-74-26-7-13-43(57(37)74)59(46)101-60-44-14-8-27-75-25-6-12-38(58(44)75)31-47(56)60/h17,19,30-32,35,41,48-50,53H,1-3,5-9,11-16,18,20-29,33-34,36H2,(H13-,68,69,70,71,72,73,77,78,79,80,81,82,83,84,85,86,87,88,89,90,91,92,93,94,95,96,97,98)/p+1/t41-,48?,49?,50?,53+/m0/s1. The van der Waals surface area contributed by atoms with Gasteiger partial charge in [0.25, 0.3) is 11.5 Å². The Bertz CT molecular complexity index is 4720. The lowest BCUT2D eigenvalue weighted by atomic mass is 9.81. The molecule has 108 heavy (non-hydrogen) atoms. The number of aryl methyl sites for hydroxylation is 2. The van der Waals surface area contributed by atoms with E-state index in [1.165, 1.54) is 49.8 Å². The Labute approximate surface area is 623 Å². The molecule has 41 heteroatoms. The molecule has 4 aromatic rings. The van der Waals surface area contributed by atoms with E-state index in [1.54, 1.807) is 12.1 Å². The molecule has 0 aliphatic carbocycles. The summed E-state index contributed by atoms with van der Waals surface area (Å²) in [6.07, 6.45) is 5.30. The SMILES string of the molecule is O=C(O)CC(NC(=O)C(CC(=O)O)NC(=O)CCCCCNC(=O)C(CCCSSCCC(=O)NCC#Cc1cn([C@H]2CC[C@@H](COP(=O)(O)OP(=O)(O)OP(=O)(O)O)O2)c(=O)[nH]c1=O)NC(=O)c1ccc(C2=c3cc4c5c(c3Oc3c2cc2c6c3CCCN6CCC2)CCC[N+]=5CCC4)c(C(=O)O)c1)C(=O)O. The molecule has 36 nitrogen and oxygen atoms in total. The van der Waals surface area contributed by atoms with E-state index in [2.05, 4.69) is 72.8 Å². The number of phosphoric acid groups is 3. The van der Waals surface area contributed by atoms with Crippen molar-refractivity contribution in [3.05, 3.63) is 118 Å². The maximum absolute atomic E-state index is 14.6. The molecule has 7 atom stereocenters. The third-order valence-electron chi connectivity index (χ3n) is 18.5. The van der Waals surface area contributed by atoms with Gasteiger partial charge in [0.15, 0.2) is 0 Å². The molecule has 0 radical (unpaired) electrons. The van der Waals surface area contributed by atoms with Crippen molar-refractivity contribution in [3.63, 3.8) is 0 Å². The number of aromatic nitrogens is 2. The average molecular weight is 1600 g/mol. The van der Waals surface area contributed by atoms with E-state index in [-0.39, 0.29) is 68.3 Å². The number of hydrogen-bond acceptors (Lipinski definition) is 22. The van der Waals surface area contributed by atoms with Gasteiger partial charge in [-0.25, -0.2) is 32.7 Å². The highest BCUT2D eigenvalue weighted by molar-refractivity contribution is 8.76. The molecule has 10 rings (SSSR count). The molecule has 1 aromatic heterocycles. The van der Waals surface area contributed by atoms with Crippen molar-refractivity contribution in [2.75, 3.05) is 62.3 Å². The third-order valence-corrected chi connectivity index (χ3v) is 24.8. The van der Waals surface area contributed by atoms with E-state index in [1.807, 2.05) is 5.32 Å². The summed E-state index contributed by atoms with van der Waals surface area (Å²) in [4.78, 5) is 182. The Kier molecular flexibility index (Phi) is 27.6. The number of nitrogens with zero attached hydrogens (tertiary/aromatic N) is 3. The second kappa shape index (κ2) is 36.3. The Morgan fingerprint density at radius 3 is 2.15 bits per heavy atom. The van der Waals surface area contributed by atoms with E-state index in [4.69, 9.17) is 24.4 Å². The Morgan fingerprint density at radius 1 is 0.704 bits per heavy atom. The molecule has 0 saturated carbocycles. The van der Waals surface area contributed by atoms with Gasteiger partial charge in [-0.3, -0.25) is 52.4 Å². The zero-order valence-electron chi connectivity index (χ0n) is 58.0. The van der Waals surface area contributed by atoms with Crippen molar-refractivity contribution < 1.29 is 119 Å². The minimum absolute atomic E-state index is 0.0267. The fourth-order valence-electron chi connectivity index (χ4n) is 13.9. The Hall–Kier alpha value is -8.53. The number of carbonyl (C=O) groups is 9. The largest absolute Gasteiger partial charge is 0.490 e. The van der Waals surface area contributed by atoms with Crippen molar-refractivity contribution in [1.82, 2.24) is 40.7 Å². The fraction of sp³-hybridized carbons (Fsp3) is 0.493. The molecule has 14 N–H and O–H groups in total. The molecule has 1 saturated heterocycles. The summed E-state index contributed by atoms with van der Waals surface area (Å²) in [7, 11) is -14.1. The van der Waals surface area contributed by atoms with Gasteiger partial charge in [0, 0.05) is 102 Å². The van der Waals surface area contributed by atoms with Crippen LogP contribution in [0.3, 0.4) is 0 Å². The summed E-state index contributed by atoms with van der Waals surface area (Å²) in [6, 6.07) is 4.05. The lowest BCUT2D eigenvalue weighted by Gasteiger charge is -2.39. The van der Waals surface area contributed by atoms with Crippen molar-refractivity contribution in [2.45, 2.75) is 152 Å². The molecule has 582 valence electrons. The van der Waals surface area contributed by atoms with Gasteiger partial charge >= 0.3 is 53.0 Å². The number of benzene rings is 3. The topological polar surface area (TPSA) is 534 Å². The molecule has 3 aromatic carbocycles. The maximum Gasteiger partial charge on any atom is 0.490 e. The van der Waals surface area contributed by atoms with Gasteiger partial charge in [0.2, 0.25) is 29.0 Å². The van der Waals surface area contributed by atoms with Crippen LogP contribution in [0.2, 0.25) is 0 Å². The Morgan fingerprint density at radius 2 is 1.42 bits per heavy atom. The lowest BCUT2D eigenvalue weighted by Crippen LogP contribution is -2.52. The molecule has 0 spiro atoms. The number of carboxylic acids is 4. The first-order chi connectivity index (χ1) is 51.3. The number of rotatable bonds is 36. The second-order valence-corrected chi connectivity index (χ2v) is 33.4. The number of H-pyrrole nitrogens is 1. The first-order valence-corrected chi connectivity index (χ1v) is 41.8. The number of carbonyl (C=O) groups excluding carboxylic acids is 5. The number of anilines is 1. The van der Waals surface area contributed by atoms with E-state index in [0.29, 0.717) is 41.9 Å². The molecule has 5 amide bonds. The van der Waals surface area contributed by atoms with Crippen molar-refractivity contribution in [2.24, 2.45) is 0 Å². The number of carboxylic acid groups (broad SMARTS) is 4. The first-order valence-electron chi connectivity index (χ1n) is 34.8. The maximum atomic E-state index is 14.6. The minimum atomic E-state index is -5.77. The summed E-state index contributed by atoms with van der Waals surface area (Å²) in [5.41, 5.74) is 5.50. The molecular weight excluding hydrogens is 1520 g/mol. The highest BCUT2D eigenvalue weighted by Crippen LogP contribution is 2.66. The van der Waals surface area contributed by atoms with Gasteiger partial charge in [-0.05, 0) is 112 Å². The molecule has 5 unspecified atom stereocenters. The van der Waals surface area contributed by atoms with Gasteiger partial charge in [0.1, 0.15) is 54.5 Å². The van der Waals surface area contributed by atoms with Crippen LogP contribution < -0.4 is 62.6 Å². The Balaban J connectivity index is 0.772. The quantitative estimate of drug-likeness (QED) is 0.00898. The van der Waals surface area contributed by atoms with Crippen LogP contribution in [0.4, 0.5) is 5.69 Å². The molecule has 1 fully saturated rings. The number of aromatic carboxylic acids is 1. The molecule has 0 bridgehead atoms. The monoisotopic (exact) mass is 1600 g/mol. The van der Waals surface area contributed by atoms with Crippen LogP contribution in [0.1, 0.15) is 162 Å². The van der Waals surface area contributed by atoms with E-state index >= 15 is 0 Å². The zero-order valence-corrected chi connectivity index (χ0v) is 62.3. The molecule has 7 heterocycles. The number of amides is 5.